The van der Waals surface area contributed by atoms with Crippen LogP contribution in [-0.4, -0.2) is 30.6 Å². The number of thiol groups is 1. The second-order valence-electron chi connectivity index (χ2n) is 5.49. The van der Waals surface area contributed by atoms with Gasteiger partial charge in [0, 0.05) is 11.3 Å². The zero-order valence-electron chi connectivity index (χ0n) is 13.0. The highest BCUT2D eigenvalue weighted by atomic mass is 32.2. The van der Waals surface area contributed by atoms with E-state index in [4.69, 9.17) is 0 Å². The summed E-state index contributed by atoms with van der Waals surface area (Å²) in [4.78, 5) is 0. The van der Waals surface area contributed by atoms with Gasteiger partial charge in [-0.3, -0.25) is 0 Å². The number of para-hydroxylation sites is 1. The van der Waals surface area contributed by atoms with Crippen molar-refractivity contribution >= 4 is 28.5 Å². The van der Waals surface area contributed by atoms with Crippen molar-refractivity contribution in [2.75, 3.05) is 10.6 Å². The van der Waals surface area contributed by atoms with Crippen molar-refractivity contribution in [2.24, 2.45) is 0 Å². The average Bonchev–Trinajstić information content (AvgIpc) is 2.91. The van der Waals surface area contributed by atoms with Crippen LogP contribution in [0.2, 0.25) is 0 Å². The van der Waals surface area contributed by atoms with E-state index in [1.807, 2.05) is 0 Å². The van der Waals surface area contributed by atoms with Crippen molar-refractivity contribution in [3.63, 3.8) is 0 Å². The second kappa shape index (κ2) is 5.62. The lowest BCUT2D eigenvalue weighted by molar-refractivity contribution is -0.231. The lowest BCUT2D eigenvalue weighted by Gasteiger charge is -2.42. The minimum absolute atomic E-state index is 0.0688. The molecule has 0 bridgehead atoms. The molecule has 0 spiro atoms. The number of nitriles is 1. The van der Waals surface area contributed by atoms with E-state index in [0.717, 1.165) is 22.9 Å². The number of halogens is 4. The summed E-state index contributed by atoms with van der Waals surface area (Å²) < 4.78 is 81.8. The number of benzene rings is 1. The molecule has 1 aromatic carbocycles. The molecule has 1 aromatic heterocycles. The zero-order valence-corrected chi connectivity index (χ0v) is 14.7. The predicted molar refractivity (Wildman–Crippen MR) is 87.1 cm³/mol. The van der Waals surface area contributed by atoms with E-state index >= 15 is 4.39 Å². The van der Waals surface area contributed by atoms with Crippen molar-refractivity contribution in [1.29, 1.82) is 5.26 Å². The molecule has 0 saturated heterocycles. The van der Waals surface area contributed by atoms with Crippen LogP contribution in [0.1, 0.15) is 16.8 Å². The van der Waals surface area contributed by atoms with Crippen LogP contribution in [0.3, 0.4) is 0 Å². The SMILES string of the molecule is CS(=O)(=O)N1c2c(C#N)c(CS)nn2-c2ccccc2C1(F)C(F)(F)F. The van der Waals surface area contributed by atoms with Gasteiger partial charge in [0.1, 0.15) is 11.6 Å². The maximum absolute atomic E-state index is 15.6. The molecule has 1 aliphatic heterocycles. The molecule has 2 heterocycles. The topological polar surface area (TPSA) is 79.0 Å². The normalized spacial score (nSPS) is 19.7. The molecule has 26 heavy (non-hydrogen) atoms. The van der Waals surface area contributed by atoms with Gasteiger partial charge in [-0.15, -0.1) is 0 Å². The summed E-state index contributed by atoms with van der Waals surface area (Å²) in [6.07, 6.45) is -5.19. The fourth-order valence-electron chi connectivity index (χ4n) is 2.88. The van der Waals surface area contributed by atoms with Crippen molar-refractivity contribution in [3.8, 4) is 11.8 Å². The maximum Gasteiger partial charge on any atom is 0.447 e. The van der Waals surface area contributed by atoms with Gasteiger partial charge in [-0.05, 0) is 6.07 Å². The number of hydrogen-bond donors (Lipinski definition) is 1. The largest absolute Gasteiger partial charge is 0.447 e. The van der Waals surface area contributed by atoms with E-state index in [1.165, 1.54) is 6.07 Å². The highest BCUT2D eigenvalue weighted by Crippen LogP contribution is 2.54. The molecular weight excluding hydrogens is 396 g/mol. The highest BCUT2D eigenvalue weighted by Gasteiger charge is 2.68. The number of aromatic nitrogens is 2. The van der Waals surface area contributed by atoms with Crippen molar-refractivity contribution in [3.05, 3.63) is 41.1 Å². The average molecular weight is 406 g/mol. The van der Waals surface area contributed by atoms with Gasteiger partial charge in [-0.25, -0.2) is 21.8 Å². The van der Waals surface area contributed by atoms with Gasteiger partial charge < -0.3 is 0 Å². The quantitative estimate of drug-likeness (QED) is 0.473. The van der Waals surface area contributed by atoms with Crippen molar-refractivity contribution < 1.29 is 26.0 Å². The Morgan fingerprint density at radius 1 is 1.35 bits per heavy atom. The molecule has 1 unspecified atom stereocenters. The molecule has 3 rings (SSSR count). The van der Waals surface area contributed by atoms with Gasteiger partial charge >= 0.3 is 12.0 Å². The number of nitrogens with zero attached hydrogens (tertiary/aromatic N) is 4. The minimum atomic E-state index is -5.62. The van der Waals surface area contributed by atoms with Crippen LogP contribution in [0.4, 0.5) is 23.4 Å². The Hall–Kier alpha value is -2.26. The van der Waals surface area contributed by atoms with E-state index in [0.29, 0.717) is 6.26 Å². The highest BCUT2D eigenvalue weighted by molar-refractivity contribution is 7.92. The first-order valence-electron chi connectivity index (χ1n) is 6.97. The van der Waals surface area contributed by atoms with Crippen LogP contribution in [0.5, 0.6) is 0 Å². The molecule has 0 aliphatic carbocycles. The number of anilines is 1. The predicted octanol–water partition coefficient (Wildman–Crippen LogP) is 2.64. The standard InChI is InChI=1S/C14H10F4N4O2S2/c1-26(23,24)22-12-8(6-19)10(7-25)20-21(12)11-5-3-2-4-9(11)13(22,15)14(16,17)18/h2-5,25H,7H2,1H3. The van der Waals surface area contributed by atoms with Crippen LogP contribution >= 0.6 is 12.6 Å². The van der Waals surface area contributed by atoms with Gasteiger partial charge in [0.15, 0.2) is 5.82 Å². The van der Waals surface area contributed by atoms with Crippen LogP contribution < -0.4 is 4.31 Å². The third-order valence-electron chi connectivity index (χ3n) is 3.86. The van der Waals surface area contributed by atoms with E-state index in [1.54, 1.807) is 6.07 Å². The molecule has 0 fully saturated rings. The van der Waals surface area contributed by atoms with E-state index < -0.39 is 43.2 Å². The smallest absolute Gasteiger partial charge is 0.214 e. The Morgan fingerprint density at radius 3 is 2.46 bits per heavy atom. The molecule has 0 radical (unpaired) electrons. The van der Waals surface area contributed by atoms with Gasteiger partial charge in [-0.1, -0.05) is 18.2 Å². The fraction of sp³-hybridized carbons (Fsp3) is 0.286. The maximum atomic E-state index is 15.6. The Morgan fingerprint density at radius 2 is 1.96 bits per heavy atom. The van der Waals surface area contributed by atoms with Gasteiger partial charge in [0.25, 0.3) is 0 Å². The van der Waals surface area contributed by atoms with Crippen LogP contribution in [0.15, 0.2) is 24.3 Å². The molecule has 6 nitrogen and oxygen atoms in total. The minimum Gasteiger partial charge on any atom is -0.214 e. The second-order valence-corrected chi connectivity index (χ2v) is 7.64. The summed E-state index contributed by atoms with van der Waals surface area (Å²) in [6.45, 7) is 0. The molecule has 12 heteroatoms. The van der Waals surface area contributed by atoms with E-state index in [2.05, 4.69) is 17.7 Å². The molecule has 2 aromatic rings. The number of alkyl halides is 4. The zero-order chi connectivity index (χ0) is 19.5. The van der Waals surface area contributed by atoms with Gasteiger partial charge in [-0.2, -0.15) is 36.2 Å². The van der Waals surface area contributed by atoms with Gasteiger partial charge in [0.2, 0.25) is 10.0 Å². The molecule has 1 aliphatic rings. The van der Waals surface area contributed by atoms with Crippen LogP contribution in [-0.2, 0) is 21.6 Å². The van der Waals surface area contributed by atoms with Crippen molar-refractivity contribution in [2.45, 2.75) is 17.7 Å². The van der Waals surface area contributed by atoms with Crippen LogP contribution in [0, 0.1) is 11.3 Å². The summed E-state index contributed by atoms with van der Waals surface area (Å²) in [5.74, 6) is -5.36. The third-order valence-corrected chi connectivity index (χ3v) is 5.25. The lowest BCUT2D eigenvalue weighted by Crippen LogP contribution is -2.58. The Bertz CT molecular complexity index is 1040. The summed E-state index contributed by atoms with van der Waals surface area (Å²) in [7, 11) is -4.80. The van der Waals surface area contributed by atoms with E-state index in [9.17, 15) is 26.9 Å². The number of fused-ring (bicyclic) bond motifs is 3. The van der Waals surface area contributed by atoms with Crippen molar-refractivity contribution in [1.82, 2.24) is 9.78 Å². The van der Waals surface area contributed by atoms with Gasteiger partial charge in [0.05, 0.1) is 17.6 Å². The summed E-state index contributed by atoms with van der Waals surface area (Å²) >= 11 is 3.95. The fourth-order valence-corrected chi connectivity index (χ4v) is 4.24. The molecule has 0 N–H and O–H groups in total. The first kappa shape index (κ1) is 18.5. The first-order valence-corrected chi connectivity index (χ1v) is 9.45. The monoisotopic (exact) mass is 406 g/mol. The molecule has 1 atom stereocenters. The Kier molecular flexibility index (Phi) is 4.00. The summed E-state index contributed by atoms with van der Waals surface area (Å²) in [5, 5.41) is 13.3. The number of sulfonamides is 1. The Balaban J connectivity index is 2.57. The molecule has 0 amide bonds. The first-order chi connectivity index (χ1) is 12.0. The summed E-state index contributed by atoms with van der Waals surface area (Å²) in [6, 6.07) is 6.10. The Labute approximate surface area is 151 Å². The number of hydrogen-bond acceptors (Lipinski definition) is 5. The molecule has 0 saturated carbocycles. The summed E-state index contributed by atoms with van der Waals surface area (Å²) in [5.41, 5.74) is -1.82. The van der Waals surface area contributed by atoms with E-state index in [-0.39, 0.29) is 17.1 Å². The van der Waals surface area contributed by atoms with Crippen LogP contribution in [0.25, 0.3) is 5.69 Å². The lowest BCUT2D eigenvalue weighted by atomic mass is 9.99. The third kappa shape index (κ3) is 2.30. The molecular formula is C14H10F4N4O2S2. The number of rotatable bonds is 2. The molecule has 138 valence electrons.